The first-order valence-electron chi connectivity index (χ1n) is 7.95. The summed E-state index contributed by atoms with van der Waals surface area (Å²) in [4.78, 5) is 19.9. The van der Waals surface area contributed by atoms with E-state index in [1.807, 2.05) is 24.3 Å². The molecule has 1 saturated heterocycles. The molecule has 2 N–H and O–H groups in total. The van der Waals surface area contributed by atoms with Crippen molar-refractivity contribution in [3.05, 3.63) is 40.9 Å². The van der Waals surface area contributed by atoms with Gasteiger partial charge in [-0.05, 0) is 43.5 Å². The number of aliphatic hydroxyl groups is 1. The van der Waals surface area contributed by atoms with E-state index in [1.54, 1.807) is 6.20 Å². The lowest BCUT2D eigenvalue weighted by atomic mass is 10.1. The van der Waals surface area contributed by atoms with Gasteiger partial charge in [0.1, 0.15) is 0 Å². The molecule has 3 rings (SSSR count). The Morgan fingerprint density at radius 3 is 2.65 bits per heavy atom. The molecule has 0 aliphatic carbocycles. The number of amides is 1. The van der Waals surface area contributed by atoms with Crippen molar-refractivity contribution in [1.29, 1.82) is 0 Å². The van der Waals surface area contributed by atoms with E-state index >= 15 is 0 Å². The number of aryl methyl sites for hydroxylation is 1. The molecule has 0 bridgehead atoms. The van der Waals surface area contributed by atoms with Gasteiger partial charge in [-0.15, -0.1) is 11.3 Å². The van der Waals surface area contributed by atoms with Gasteiger partial charge in [0.2, 0.25) is 0 Å². The molecule has 0 spiro atoms. The van der Waals surface area contributed by atoms with E-state index in [0.717, 1.165) is 42.9 Å². The second-order valence-corrected chi connectivity index (χ2v) is 6.82. The molecule has 2 heterocycles. The van der Waals surface area contributed by atoms with Crippen molar-refractivity contribution in [1.82, 2.24) is 4.98 Å². The van der Waals surface area contributed by atoms with E-state index in [9.17, 15) is 9.90 Å². The van der Waals surface area contributed by atoms with Crippen LogP contribution in [0.2, 0.25) is 0 Å². The molecule has 0 atom stereocenters. The number of aromatic nitrogens is 1. The van der Waals surface area contributed by atoms with Crippen LogP contribution in [0.25, 0.3) is 0 Å². The second-order valence-electron chi connectivity index (χ2n) is 5.70. The molecule has 1 aromatic heterocycles. The fourth-order valence-corrected chi connectivity index (χ4v) is 3.39. The lowest BCUT2D eigenvalue weighted by Gasteiger charge is -2.31. The van der Waals surface area contributed by atoms with E-state index in [-0.39, 0.29) is 12.0 Å². The maximum Gasteiger partial charge on any atom is 0.257 e. The number of piperidine rings is 1. The number of nitrogens with zero attached hydrogens (tertiary/aromatic N) is 2. The molecule has 122 valence electrons. The topological polar surface area (TPSA) is 65.5 Å². The predicted octanol–water partition coefficient (Wildman–Crippen LogP) is 2.92. The number of rotatable bonds is 4. The summed E-state index contributed by atoms with van der Waals surface area (Å²) in [6.07, 6.45) is 4.14. The minimum atomic E-state index is -0.178. The molecule has 1 aliphatic rings. The standard InChI is InChI=1S/C17H21N3O2S/c1-2-15-11-18-17(23-15)19-16(22)12-3-5-13(6-4-12)20-9-7-14(21)8-10-20/h3-6,11,14,21H,2,7-10H2,1H3,(H,18,19,22). The number of benzene rings is 1. The van der Waals surface area contributed by atoms with Crippen molar-refractivity contribution >= 4 is 28.1 Å². The SMILES string of the molecule is CCc1cnc(NC(=O)c2ccc(N3CCC(O)CC3)cc2)s1. The Balaban J connectivity index is 1.63. The third kappa shape index (κ3) is 3.89. The van der Waals surface area contributed by atoms with Crippen LogP contribution in [-0.2, 0) is 6.42 Å². The van der Waals surface area contributed by atoms with Crippen molar-refractivity contribution in [3.8, 4) is 0 Å². The van der Waals surface area contributed by atoms with Crippen molar-refractivity contribution in [3.63, 3.8) is 0 Å². The summed E-state index contributed by atoms with van der Waals surface area (Å²) in [6, 6.07) is 7.60. The van der Waals surface area contributed by atoms with Gasteiger partial charge in [0, 0.05) is 35.4 Å². The molecule has 5 nitrogen and oxygen atoms in total. The first kappa shape index (κ1) is 16.0. The molecule has 6 heteroatoms. The van der Waals surface area contributed by atoms with E-state index in [0.29, 0.717) is 10.7 Å². The van der Waals surface area contributed by atoms with E-state index in [2.05, 4.69) is 22.1 Å². The van der Waals surface area contributed by atoms with Gasteiger partial charge in [-0.2, -0.15) is 0 Å². The zero-order valence-electron chi connectivity index (χ0n) is 13.2. The van der Waals surface area contributed by atoms with Gasteiger partial charge in [-0.25, -0.2) is 4.98 Å². The van der Waals surface area contributed by atoms with Gasteiger partial charge in [0.15, 0.2) is 5.13 Å². The molecule has 1 aromatic carbocycles. The number of aliphatic hydroxyl groups excluding tert-OH is 1. The highest BCUT2D eigenvalue weighted by atomic mass is 32.1. The smallest absolute Gasteiger partial charge is 0.257 e. The maximum atomic E-state index is 12.3. The lowest BCUT2D eigenvalue weighted by Crippen LogP contribution is -2.35. The van der Waals surface area contributed by atoms with Gasteiger partial charge in [-0.3, -0.25) is 10.1 Å². The average molecular weight is 331 g/mol. The summed E-state index contributed by atoms with van der Waals surface area (Å²) in [7, 11) is 0. The number of hydrogen-bond donors (Lipinski definition) is 2. The molecule has 0 saturated carbocycles. The molecule has 0 unspecified atom stereocenters. The highest BCUT2D eigenvalue weighted by molar-refractivity contribution is 7.15. The third-order valence-electron chi connectivity index (χ3n) is 4.08. The lowest BCUT2D eigenvalue weighted by molar-refractivity contribution is 0.102. The summed E-state index contributed by atoms with van der Waals surface area (Å²) in [5, 5.41) is 13.0. The van der Waals surface area contributed by atoms with Gasteiger partial charge in [-0.1, -0.05) is 6.92 Å². The minimum absolute atomic E-state index is 0.136. The second kappa shape index (κ2) is 7.10. The first-order valence-corrected chi connectivity index (χ1v) is 8.76. The summed E-state index contributed by atoms with van der Waals surface area (Å²) < 4.78 is 0. The maximum absolute atomic E-state index is 12.3. The number of thiazole rings is 1. The monoisotopic (exact) mass is 331 g/mol. The summed E-state index contributed by atoms with van der Waals surface area (Å²) in [6.45, 7) is 3.77. The number of carbonyl (C=O) groups is 1. The quantitative estimate of drug-likeness (QED) is 0.904. The third-order valence-corrected chi connectivity index (χ3v) is 5.14. The molecule has 23 heavy (non-hydrogen) atoms. The molecule has 1 amide bonds. The number of hydrogen-bond acceptors (Lipinski definition) is 5. The van der Waals surface area contributed by atoms with Crippen LogP contribution >= 0.6 is 11.3 Å². The Bertz CT molecular complexity index is 661. The zero-order chi connectivity index (χ0) is 16.2. The zero-order valence-corrected chi connectivity index (χ0v) is 14.0. The van der Waals surface area contributed by atoms with E-state index in [4.69, 9.17) is 0 Å². The van der Waals surface area contributed by atoms with Crippen LogP contribution in [0.15, 0.2) is 30.5 Å². The Morgan fingerprint density at radius 2 is 2.04 bits per heavy atom. The number of anilines is 2. The van der Waals surface area contributed by atoms with Crippen LogP contribution in [0.3, 0.4) is 0 Å². The number of carbonyl (C=O) groups excluding carboxylic acids is 1. The van der Waals surface area contributed by atoms with E-state index < -0.39 is 0 Å². The number of nitrogens with one attached hydrogen (secondary N) is 1. The molecule has 0 radical (unpaired) electrons. The van der Waals surface area contributed by atoms with Crippen LogP contribution < -0.4 is 10.2 Å². The van der Waals surface area contributed by atoms with Gasteiger partial charge in [0.05, 0.1) is 6.10 Å². The summed E-state index contributed by atoms with van der Waals surface area (Å²) in [5.74, 6) is -0.136. The fourth-order valence-electron chi connectivity index (χ4n) is 2.65. The summed E-state index contributed by atoms with van der Waals surface area (Å²) in [5.41, 5.74) is 1.72. The average Bonchev–Trinajstić information content (AvgIpc) is 3.03. The minimum Gasteiger partial charge on any atom is -0.393 e. The Morgan fingerprint density at radius 1 is 1.35 bits per heavy atom. The van der Waals surface area contributed by atoms with Crippen molar-refractivity contribution in [2.24, 2.45) is 0 Å². The summed E-state index contributed by atoms with van der Waals surface area (Å²) >= 11 is 1.51. The highest BCUT2D eigenvalue weighted by Crippen LogP contribution is 2.22. The van der Waals surface area contributed by atoms with Crippen molar-refractivity contribution in [2.75, 3.05) is 23.3 Å². The highest BCUT2D eigenvalue weighted by Gasteiger charge is 2.17. The van der Waals surface area contributed by atoms with Gasteiger partial charge < -0.3 is 10.0 Å². The molecule has 2 aromatic rings. The van der Waals surface area contributed by atoms with E-state index in [1.165, 1.54) is 11.3 Å². The van der Waals surface area contributed by atoms with Crippen LogP contribution in [-0.4, -0.2) is 35.2 Å². The predicted molar refractivity (Wildman–Crippen MR) is 93.3 cm³/mol. The van der Waals surface area contributed by atoms with Crippen LogP contribution in [0.1, 0.15) is 35.0 Å². The molecule has 1 aliphatic heterocycles. The van der Waals surface area contributed by atoms with Crippen LogP contribution in [0.4, 0.5) is 10.8 Å². The molecule has 1 fully saturated rings. The Kier molecular flexibility index (Phi) is 4.93. The molecular weight excluding hydrogens is 310 g/mol. The Hall–Kier alpha value is -1.92. The van der Waals surface area contributed by atoms with Crippen LogP contribution in [0, 0.1) is 0 Å². The van der Waals surface area contributed by atoms with Crippen LogP contribution in [0.5, 0.6) is 0 Å². The van der Waals surface area contributed by atoms with Gasteiger partial charge in [0.25, 0.3) is 5.91 Å². The molecular formula is C17H21N3O2S. The largest absolute Gasteiger partial charge is 0.393 e. The Labute approximate surface area is 140 Å². The fraction of sp³-hybridized carbons (Fsp3) is 0.412. The normalized spacial score (nSPS) is 15.7. The van der Waals surface area contributed by atoms with Crippen molar-refractivity contribution < 1.29 is 9.90 Å². The van der Waals surface area contributed by atoms with Crippen molar-refractivity contribution in [2.45, 2.75) is 32.3 Å². The van der Waals surface area contributed by atoms with Gasteiger partial charge >= 0.3 is 0 Å². The first-order chi connectivity index (χ1) is 11.2.